The number of amides is 1. The van der Waals surface area contributed by atoms with Gasteiger partial charge in [-0.15, -0.1) is 0 Å². The summed E-state index contributed by atoms with van der Waals surface area (Å²) in [4.78, 5) is 14.4. The van der Waals surface area contributed by atoms with Crippen LogP contribution < -0.4 is 5.32 Å². The molecule has 1 heterocycles. The number of carbonyl (C=O) groups is 1. The molecule has 3 nitrogen and oxygen atoms in total. The Hall–Kier alpha value is -0.570. The SMILES string of the molecule is CCCC(=O)N1CC(NCC2CCCC2)CC(C(C)C)C1. The van der Waals surface area contributed by atoms with Gasteiger partial charge in [-0.05, 0) is 50.0 Å². The standard InChI is InChI=1S/C18H34N2O/c1-4-7-18(21)20-12-16(14(2)3)10-17(13-20)19-11-15-8-5-6-9-15/h14-17,19H,4-13H2,1-3H3. The Bertz CT molecular complexity index is 323. The largest absolute Gasteiger partial charge is 0.341 e. The van der Waals surface area contributed by atoms with Gasteiger partial charge in [0.05, 0.1) is 0 Å². The number of nitrogens with zero attached hydrogens (tertiary/aromatic N) is 1. The van der Waals surface area contributed by atoms with Crippen LogP contribution in [0.3, 0.4) is 0 Å². The van der Waals surface area contributed by atoms with E-state index in [1.165, 1.54) is 32.1 Å². The highest BCUT2D eigenvalue weighted by Gasteiger charge is 2.31. The Morgan fingerprint density at radius 2 is 1.95 bits per heavy atom. The Balaban J connectivity index is 1.87. The lowest BCUT2D eigenvalue weighted by Crippen LogP contribution is -2.52. The first kappa shape index (κ1) is 16.8. The zero-order valence-corrected chi connectivity index (χ0v) is 14.2. The summed E-state index contributed by atoms with van der Waals surface area (Å²) < 4.78 is 0. The molecule has 2 rings (SSSR count). The Morgan fingerprint density at radius 3 is 2.57 bits per heavy atom. The van der Waals surface area contributed by atoms with Crippen LogP contribution in [-0.4, -0.2) is 36.5 Å². The van der Waals surface area contributed by atoms with Gasteiger partial charge in [0.25, 0.3) is 0 Å². The van der Waals surface area contributed by atoms with Crippen molar-refractivity contribution >= 4 is 5.91 Å². The molecule has 1 amide bonds. The summed E-state index contributed by atoms with van der Waals surface area (Å²) in [7, 11) is 0. The van der Waals surface area contributed by atoms with Gasteiger partial charge in [0.2, 0.25) is 5.91 Å². The van der Waals surface area contributed by atoms with Gasteiger partial charge >= 0.3 is 0 Å². The van der Waals surface area contributed by atoms with E-state index in [0.29, 0.717) is 30.2 Å². The van der Waals surface area contributed by atoms with Crippen LogP contribution in [0.25, 0.3) is 0 Å². The van der Waals surface area contributed by atoms with Crippen molar-refractivity contribution in [1.29, 1.82) is 0 Å². The maximum atomic E-state index is 12.3. The number of hydrogen-bond acceptors (Lipinski definition) is 2. The molecule has 122 valence electrons. The predicted molar refractivity (Wildman–Crippen MR) is 88.2 cm³/mol. The molecule has 21 heavy (non-hydrogen) atoms. The number of hydrogen-bond donors (Lipinski definition) is 1. The summed E-state index contributed by atoms with van der Waals surface area (Å²) in [5.41, 5.74) is 0. The van der Waals surface area contributed by atoms with E-state index in [-0.39, 0.29) is 0 Å². The van der Waals surface area contributed by atoms with Crippen molar-refractivity contribution in [1.82, 2.24) is 10.2 Å². The fourth-order valence-electron chi connectivity index (χ4n) is 3.89. The van der Waals surface area contributed by atoms with E-state index in [4.69, 9.17) is 0 Å². The van der Waals surface area contributed by atoms with E-state index in [9.17, 15) is 4.79 Å². The molecule has 0 aromatic heterocycles. The molecule has 0 aromatic rings. The Kier molecular flexibility index (Phi) is 6.53. The Morgan fingerprint density at radius 1 is 1.24 bits per heavy atom. The van der Waals surface area contributed by atoms with Gasteiger partial charge in [-0.3, -0.25) is 4.79 Å². The van der Waals surface area contributed by atoms with Crippen molar-refractivity contribution in [2.75, 3.05) is 19.6 Å². The first-order chi connectivity index (χ1) is 10.1. The minimum absolute atomic E-state index is 0.357. The van der Waals surface area contributed by atoms with Crippen molar-refractivity contribution in [3.8, 4) is 0 Å². The van der Waals surface area contributed by atoms with Crippen molar-refractivity contribution in [3.63, 3.8) is 0 Å². The molecule has 3 heteroatoms. The average molecular weight is 294 g/mol. The maximum Gasteiger partial charge on any atom is 0.222 e. The molecule has 2 atom stereocenters. The molecule has 2 aliphatic rings. The minimum Gasteiger partial charge on any atom is -0.341 e. The Labute approximate surface area is 130 Å². The van der Waals surface area contributed by atoms with Gasteiger partial charge in [0, 0.05) is 25.6 Å². The summed E-state index contributed by atoms with van der Waals surface area (Å²) >= 11 is 0. The van der Waals surface area contributed by atoms with Gasteiger partial charge in [0.1, 0.15) is 0 Å². The molecule has 2 fully saturated rings. The average Bonchev–Trinajstić information content (AvgIpc) is 2.98. The van der Waals surface area contributed by atoms with Gasteiger partial charge in [0.15, 0.2) is 0 Å². The summed E-state index contributed by atoms with van der Waals surface area (Å²) in [6.45, 7) is 9.74. The molecule has 0 spiro atoms. The van der Waals surface area contributed by atoms with E-state index < -0.39 is 0 Å². The third kappa shape index (κ3) is 4.98. The normalized spacial score (nSPS) is 27.5. The molecular weight excluding hydrogens is 260 g/mol. The van der Waals surface area contributed by atoms with Crippen LogP contribution in [0.5, 0.6) is 0 Å². The van der Waals surface area contributed by atoms with Crippen LogP contribution >= 0.6 is 0 Å². The zero-order valence-electron chi connectivity index (χ0n) is 14.2. The first-order valence-corrected chi connectivity index (χ1v) is 9.11. The highest BCUT2D eigenvalue weighted by atomic mass is 16.2. The number of rotatable bonds is 6. The molecule has 1 saturated heterocycles. The van der Waals surface area contributed by atoms with Crippen LogP contribution in [-0.2, 0) is 4.79 Å². The van der Waals surface area contributed by atoms with E-state index in [1.54, 1.807) is 0 Å². The van der Waals surface area contributed by atoms with Crippen LogP contribution in [0.2, 0.25) is 0 Å². The zero-order chi connectivity index (χ0) is 15.2. The monoisotopic (exact) mass is 294 g/mol. The van der Waals surface area contributed by atoms with Crippen molar-refractivity contribution < 1.29 is 4.79 Å². The van der Waals surface area contributed by atoms with Crippen LogP contribution in [0.15, 0.2) is 0 Å². The lowest BCUT2D eigenvalue weighted by Gasteiger charge is -2.40. The third-order valence-corrected chi connectivity index (χ3v) is 5.41. The van der Waals surface area contributed by atoms with Gasteiger partial charge < -0.3 is 10.2 Å². The molecule has 1 N–H and O–H groups in total. The molecule has 2 unspecified atom stereocenters. The van der Waals surface area contributed by atoms with E-state index in [0.717, 1.165) is 32.0 Å². The highest BCUT2D eigenvalue weighted by molar-refractivity contribution is 5.76. The quantitative estimate of drug-likeness (QED) is 0.814. The molecule has 1 aliphatic heterocycles. The molecule has 0 bridgehead atoms. The summed E-state index contributed by atoms with van der Waals surface area (Å²) in [5, 5.41) is 3.78. The minimum atomic E-state index is 0.357. The summed E-state index contributed by atoms with van der Waals surface area (Å²) in [6, 6.07) is 0.507. The molecule has 1 aliphatic carbocycles. The van der Waals surface area contributed by atoms with Gasteiger partial charge in [-0.2, -0.15) is 0 Å². The topological polar surface area (TPSA) is 32.3 Å². The molecule has 1 saturated carbocycles. The fraction of sp³-hybridized carbons (Fsp3) is 0.944. The van der Waals surface area contributed by atoms with Crippen LogP contribution in [0, 0.1) is 17.8 Å². The van der Waals surface area contributed by atoms with Gasteiger partial charge in [-0.25, -0.2) is 0 Å². The summed E-state index contributed by atoms with van der Waals surface area (Å²) in [5.74, 6) is 2.55. The molecule has 0 aromatic carbocycles. The van der Waals surface area contributed by atoms with E-state index in [1.807, 2.05) is 0 Å². The maximum absolute atomic E-state index is 12.3. The molecule has 0 radical (unpaired) electrons. The second-order valence-corrected chi connectivity index (χ2v) is 7.54. The second-order valence-electron chi connectivity index (χ2n) is 7.54. The number of carbonyl (C=O) groups excluding carboxylic acids is 1. The summed E-state index contributed by atoms with van der Waals surface area (Å²) in [6.07, 6.45) is 8.51. The van der Waals surface area contributed by atoms with Crippen molar-refractivity contribution in [2.24, 2.45) is 17.8 Å². The predicted octanol–water partition coefficient (Wildman–Crippen LogP) is 3.44. The van der Waals surface area contributed by atoms with E-state index >= 15 is 0 Å². The van der Waals surface area contributed by atoms with E-state index in [2.05, 4.69) is 31.0 Å². The highest BCUT2D eigenvalue weighted by Crippen LogP contribution is 2.27. The number of likely N-dealkylation sites (tertiary alicyclic amines) is 1. The van der Waals surface area contributed by atoms with Crippen molar-refractivity contribution in [2.45, 2.75) is 71.8 Å². The lowest BCUT2D eigenvalue weighted by atomic mass is 9.85. The number of piperidine rings is 1. The van der Waals surface area contributed by atoms with Crippen molar-refractivity contribution in [3.05, 3.63) is 0 Å². The molecular formula is C18H34N2O. The number of nitrogens with one attached hydrogen (secondary N) is 1. The third-order valence-electron chi connectivity index (χ3n) is 5.41. The smallest absolute Gasteiger partial charge is 0.222 e. The first-order valence-electron chi connectivity index (χ1n) is 9.11. The second kappa shape index (κ2) is 8.17. The lowest BCUT2D eigenvalue weighted by molar-refractivity contribution is -0.134. The van der Waals surface area contributed by atoms with Gasteiger partial charge in [-0.1, -0.05) is 33.6 Å². The van der Waals surface area contributed by atoms with Crippen LogP contribution in [0.1, 0.15) is 65.7 Å². The van der Waals surface area contributed by atoms with Crippen LogP contribution in [0.4, 0.5) is 0 Å². The fourth-order valence-corrected chi connectivity index (χ4v) is 3.89.